The number of hydrogen-bond donors (Lipinski definition) is 1. The van der Waals surface area contributed by atoms with Crippen LogP contribution in [0.2, 0.25) is 0 Å². The molecule has 0 atom stereocenters. The second-order valence-electron chi connectivity index (χ2n) is 8.86. The molecule has 0 spiro atoms. The number of likely N-dealkylation sites (tertiary alicyclic amines) is 1. The van der Waals surface area contributed by atoms with Crippen LogP contribution in [0.1, 0.15) is 42.6 Å². The lowest BCUT2D eigenvalue weighted by Crippen LogP contribution is -2.26. The predicted molar refractivity (Wildman–Crippen MR) is 138 cm³/mol. The molecule has 0 aliphatic carbocycles. The smallest absolute Gasteiger partial charge is 0.284 e. The Morgan fingerprint density at radius 2 is 1.83 bits per heavy atom. The van der Waals surface area contributed by atoms with Gasteiger partial charge in [0.15, 0.2) is 0 Å². The van der Waals surface area contributed by atoms with Gasteiger partial charge < -0.3 is 10.2 Å². The largest absolute Gasteiger partial charge is 0.362 e. The zero-order chi connectivity index (χ0) is 25.0. The van der Waals surface area contributed by atoms with E-state index in [0.717, 1.165) is 48.4 Å². The number of nitrogens with zero attached hydrogens (tertiary/aromatic N) is 4. The van der Waals surface area contributed by atoms with Gasteiger partial charge in [-0.25, -0.2) is 4.68 Å². The fourth-order valence-corrected chi connectivity index (χ4v) is 5.43. The van der Waals surface area contributed by atoms with Crippen LogP contribution in [0.4, 0.5) is 5.69 Å². The summed E-state index contributed by atoms with van der Waals surface area (Å²) in [5, 5.41) is 7.42. The van der Waals surface area contributed by atoms with Crippen molar-refractivity contribution in [3.8, 4) is 5.69 Å². The molecule has 3 aromatic rings. The van der Waals surface area contributed by atoms with E-state index < -0.39 is 10.0 Å². The van der Waals surface area contributed by atoms with Gasteiger partial charge in [-0.15, -0.1) is 4.40 Å². The van der Waals surface area contributed by atoms with E-state index in [2.05, 4.69) is 14.8 Å². The summed E-state index contributed by atoms with van der Waals surface area (Å²) >= 11 is 0. The number of amides is 1. The molecule has 184 valence electrons. The number of aromatic nitrogens is 2. The second kappa shape index (κ2) is 10.4. The number of rotatable bonds is 6. The van der Waals surface area contributed by atoms with Crippen LogP contribution in [0.3, 0.4) is 0 Å². The Labute approximate surface area is 206 Å². The summed E-state index contributed by atoms with van der Waals surface area (Å²) in [6, 6.07) is 16.0. The predicted octanol–water partition coefficient (Wildman–Crippen LogP) is 4.26. The van der Waals surface area contributed by atoms with Crippen LogP contribution in [0, 0.1) is 13.8 Å². The van der Waals surface area contributed by atoms with Gasteiger partial charge >= 0.3 is 0 Å². The van der Waals surface area contributed by atoms with Crippen molar-refractivity contribution in [3.63, 3.8) is 0 Å². The van der Waals surface area contributed by atoms with Crippen molar-refractivity contribution in [3.05, 3.63) is 71.5 Å². The third-order valence-electron chi connectivity index (χ3n) is 6.26. The Hall–Kier alpha value is -3.46. The highest BCUT2D eigenvalue weighted by Gasteiger charge is 2.20. The van der Waals surface area contributed by atoms with E-state index >= 15 is 0 Å². The molecule has 2 heterocycles. The SMILES string of the molecule is Cc1nn(-c2ccccc2)c(C)c1CC(=O)Nc1cccc(S(=O)(=O)/N=C2\CCCCCN2C)c1. The van der Waals surface area contributed by atoms with Crippen LogP contribution in [0.15, 0.2) is 63.9 Å². The molecule has 9 heteroatoms. The van der Waals surface area contributed by atoms with Gasteiger partial charge in [-0.3, -0.25) is 4.79 Å². The molecule has 0 bridgehead atoms. The van der Waals surface area contributed by atoms with E-state index in [9.17, 15) is 13.2 Å². The molecular formula is C26H31N5O3S. The van der Waals surface area contributed by atoms with Crippen LogP contribution in [-0.4, -0.2) is 48.4 Å². The molecule has 0 unspecified atom stereocenters. The van der Waals surface area contributed by atoms with Crippen molar-refractivity contribution < 1.29 is 13.2 Å². The molecule has 2 aromatic carbocycles. The molecule has 1 amide bonds. The number of amidine groups is 1. The van der Waals surface area contributed by atoms with Crippen molar-refractivity contribution in [2.75, 3.05) is 18.9 Å². The summed E-state index contributed by atoms with van der Waals surface area (Å²) in [6.45, 7) is 4.61. The molecule has 8 nitrogen and oxygen atoms in total. The van der Waals surface area contributed by atoms with Gasteiger partial charge in [0.25, 0.3) is 10.0 Å². The number of hydrogen-bond acceptors (Lipinski definition) is 4. The van der Waals surface area contributed by atoms with E-state index in [1.165, 1.54) is 12.1 Å². The second-order valence-corrected chi connectivity index (χ2v) is 10.5. The number of benzene rings is 2. The highest BCUT2D eigenvalue weighted by atomic mass is 32.2. The van der Waals surface area contributed by atoms with Gasteiger partial charge in [0.1, 0.15) is 5.84 Å². The van der Waals surface area contributed by atoms with Crippen LogP contribution in [-0.2, 0) is 21.2 Å². The molecule has 1 aliphatic heterocycles. The molecule has 4 rings (SSSR count). The van der Waals surface area contributed by atoms with Crippen LogP contribution < -0.4 is 5.32 Å². The summed E-state index contributed by atoms with van der Waals surface area (Å²) in [5.74, 6) is 0.339. The van der Waals surface area contributed by atoms with Crippen molar-refractivity contribution in [2.24, 2.45) is 4.40 Å². The normalized spacial score (nSPS) is 15.7. The number of anilines is 1. The summed E-state index contributed by atoms with van der Waals surface area (Å²) < 4.78 is 31.9. The first kappa shape index (κ1) is 24.7. The van der Waals surface area contributed by atoms with Gasteiger partial charge in [-0.05, 0) is 57.0 Å². The first-order chi connectivity index (χ1) is 16.7. The standard InChI is InChI=1S/C26H31N5O3S/c1-19-24(20(2)31(28-19)22-12-6-4-7-13-22)18-26(32)27-21-11-10-14-23(17-21)35(33,34)29-25-15-8-5-9-16-30(25)3/h4,6-7,10-14,17H,5,8-9,15-16,18H2,1-3H3,(H,27,32)/b29-25+. The van der Waals surface area contributed by atoms with Gasteiger partial charge in [0.2, 0.25) is 5.91 Å². The molecule has 1 N–H and O–H groups in total. The topological polar surface area (TPSA) is 96.7 Å². The monoisotopic (exact) mass is 493 g/mol. The maximum Gasteiger partial charge on any atom is 0.284 e. The number of sulfonamides is 1. The highest BCUT2D eigenvalue weighted by molar-refractivity contribution is 7.90. The van der Waals surface area contributed by atoms with E-state index in [1.54, 1.807) is 12.1 Å². The van der Waals surface area contributed by atoms with Gasteiger partial charge in [0, 0.05) is 37.0 Å². The number of para-hydroxylation sites is 1. The van der Waals surface area contributed by atoms with Gasteiger partial charge in [0.05, 0.1) is 22.7 Å². The summed E-state index contributed by atoms with van der Waals surface area (Å²) in [4.78, 5) is 14.8. The molecule has 1 fully saturated rings. The molecular weight excluding hydrogens is 462 g/mol. The Morgan fingerprint density at radius 3 is 2.60 bits per heavy atom. The first-order valence-corrected chi connectivity index (χ1v) is 13.2. The maximum atomic E-state index is 13.0. The zero-order valence-electron chi connectivity index (χ0n) is 20.4. The number of carbonyl (C=O) groups is 1. The molecule has 0 saturated carbocycles. The first-order valence-electron chi connectivity index (χ1n) is 11.8. The minimum atomic E-state index is -3.89. The Morgan fingerprint density at radius 1 is 1.06 bits per heavy atom. The highest BCUT2D eigenvalue weighted by Crippen LogP contribution is 2.22. The molecule has 1 aliphatic rings. The summed E-state index contributed by atoms with van der Waals surface area (Å²) in [6.07, 6.45) is 3.79. The van der Waals surface area contributed by atoms with E-state index in [-0.39, 0.29) is 17.2 Å². The molecule has 0 radical (unpaired) electrons. The third kappa shape index (κ3) is 5.79. The lowest BCUT2D eigenvalue weighted by Gasteiger charge is -2.17. The van der Waals surface area contributed by atoms with E-state index in [4.69, 9.17) is 0 Å². The van der Waals surface area contributed by atoms with Crippen LogP contribution in [0.25, 0.3) is 5.69 Å². The minimum Gasteiger partial charge on any atom is -0.362 e. The lowest BCUT2D eigenvalue weighted by molar-refractivity contribution is -0.115. The van der Waals surface area contributed by atoms with Crippen LogP contribution >= 0.6 is 0 Å². The molecule has 1 saturated heterocycles. The lowest BCUT2D eigenvalue weighted by atomic mass is 10.1. The van der Waals surface area contributed by atoms with Crippen molar-refractivity contribution in [1.29, 1.82) is 0 Å². The van der Waals surface area contributed by atoms with E-state index in [1.807, 2.05) is 60.8 Å². The Kier molecular flexibility index (Phi) is 7.35. The Balaban J connectivity index is 1.50. The fourth-order valence-electron chi connectivity index (χ4n) is 4.29. The number of nitrogens with one attached hydrogen (secondary N) is 1. The quantitative estimate of drug-likeness (QED) is 0.553. The maximum absolute atomic E-state index is 13.0. The number of aryl methyl sites for hydroxylation is 1. The fraction of sp³-hybridized carbons (Fsp3) is 0.346. The molecule has 1 aromatic heterocycles. The van der Waals surface area contributed by atoms with Gasteiger partial charge in [-0.2, -0.15) is 13.5 Å². The van der Waals surface area contributed by atoms with E-state index in [0.29, 0.717) is 17.9 Å². The van der Waals surface area contributed by atoms with Crippen molar-refractivity contribution in [2.45, 2.75) is 50.8 Å². The summed E-state index contributed by atoms with van der Waals surface area (Å²) in [7, 11) is -2.01. The average Bonchev–Trinajstić information content (AvgIpc) is 2.97. The minimum absolute atomic E-state index is 0.0599. The third-order valence-corrected chi connectivity index (χ3v) is 7.56. The number of carbonyl (C=O) groups excluding carboxylic acids is 1. The van der Waals surface area contributed by atoms with Gasteiger partial charge in [-0.1, -0.05) is 30.7 Å². The van der Waals surface area contributed by atoms with Crippen molar-refractivity contribution in [1.82, 2.24) is 14.7 Å². The summed E-state index contributed by atoms with van der Waals surface area (Å²) in [5.41, 5.74) is 3.86. The Bertz CT molecular complexity index is 1350. The average molecular weight is 494 g/mol. The van der Waals surface area contributed by atoms with Crippen molar-refractivity contribution >= 4 is 27.5 Å². The zero-order valence-corrected chi connectivity index (χ0v) is 21.2. The van der Waals surface area contributed by atoms with Crippen LogP contribution in [0.5, 0.6) is 0 Å². The molecule has 35 heavy (non-hydrogen) atoms.